The van der Waals surface area contributed by atoms with Gasteiger partial charge in [0.1, 0.15) is 0 Å². The zero-order valence-corrected chi connectivity index (χ0v) is 20.1. The van der Waals surface area contributed by atoms with Crippen LogP contribution in [-0.4, -0.2) is 13.3 Å². The van der Waals surface area contributed by atoms with Crippen LogP contribution in [0.5, 0.6) is 5.75 Å². The molecule has 0 unspecified atom stereocenters. The van der Waals surface area contributed by atoms with Crippen molar-refractivity contribution < 1.29 is 13.5 Å². The molecule has 0 aromatic heterocycles. The average Bonchev–Trinajstić information content (AvgIpc) is 2.80. The fourth-order valence-corrected chi connectivity index (χ4v) is 5.99. The molecular weight excluding hydrogens is 414 g/mol. The van der Waals surface area contributed by atoms with Crippen LogP contribution >= 0.6 is 11.6 Å². The van der Waals surface area contributed by atoms with Gasteiger partial charge in [-0.15, -0.1) is 0 Å². The van der Waals surface area contributed by atoms with Gasteiger partial charge >= 0.3 is 0 Å². The molecular formula is C27H41ClF2O. The quantitative estimate of drug-likeness (QED) is 0.302. The maximum atomic E-state index is 15.0. The molecule has 2 aliphatic carbocycles. The number of alkyl halides is 1. The standard InChI is InChI=1S/C27H41ClF2O/c1-2-3-4-6-20-12-14-23(15-13-20)24-16-17-25(27(30)26(24)28)31-19-22-10-8-21(9-11-22)7-5-18-29/h16-17,20-23H,2-15,18-19H2,1H3. The van der Waals surface area contributed by atoms with E-state index < -0.39 is 0 Å². The summed E-state index contributed by atoms with van der Waals surface area (Å²) in [5.41, 5.74) is 0.965. The Kier molecular flexibility index (Phi) is 10.4. The third-order valence-corrected chi connectivity index (χ3v) is 8.15. The molecule has 0 spiro atoms. The maximum Gasteiger partial charge on any atom is 0.183 e. The van der Waals surface area contributed by atoms with Gasteiger partial charge in [-0.05, 0) is 86.7 Å². The van der Waals surface area contributed by atoms with Crippen LogP contribution in [0, 0.1) is 23.6 Å². The molecule has 3 rings (SSSR count). The first-order valence-electron chi connectivity index (χ1n) is 12.8. The molecule has 0 atom stereocenters. The first-order chi connectivity index (χ1) is 15.1. The highest BCUT2D eigenvalue weighted by atomic mass is 35.5. The van der Waals surface area contributed by atoms with Gasteiger partial charge in [0.25, 0.3) is 0 Å². The highest BCUT2D eigenvalue weighted by molar-refractivity contribution is 6.31. The largest absolute Gasteiger partial charge is 0.490 e. The Bertz CT molecular complexity index is 649. The maximum absolute atomic E-state index is 15.0. The van der Waals surface area contributed by atoms with Crippen molar-refractivity contribution in [2.45, 2.75) is 103 Å². The summed E-state index contributed by atoms with van der Waals surface area (Å²) >= 11 is 6.47. The molecule has 0 heterocycles. The first kappa shape index (κ1) is 24.8. The highest BCUT2D eigenvalue weighted by Crippen LogP contribution is 2.42. The van der Waals surface area contributed by atoms with E-state index in [2.05, 4.69) is 6.92 Å². The molecule has 2 aliphatic rings. The Morgan fingerprint density at radius 3 is 2.13 bits per heavy atom. The smallest absolute Gasteiger partial charge is 0.183 e. The van der Waals surface area contributed by atoms with Crippen molar-refractivity contribution >= 4 is 11.6 Å². The highest BCUT2D eigenvalue weighted by Gasteiger charge is 2.26. The summed E-state index contributed by atoms with van der Waals surface area (Å²) in [7, 11) is 0. The zero-order chi connectivity index (χ0) is 22.1. The lowest BCUT2D eigenvalue weighted by molar-refractivity contribution is 0.172. The zero-order valence-electron chi connectivity index (χ0n) is 19.3. The molecule has 0 aliphatic heterocycles. The predicted molar refractivity (Wildman–Crippen MR) is 126 cm³/mol. The van der Waals surface area contributed by atoms with Crippen molar-refractivity contribution in [1.82, 2.24) is 0 Å². The Labute approximate surface area is 193 Å². The number of ether oxygens (including phenoxy) is 1. The van der Waals surface area contributed by atoms with Gasteiger partial charge in [0.2, 0.25) is 0 Å². The summed E-state index contributed by atoms with van der Waals surface area (Å²) in [6, 6.07) is 3.79. The van der Waals surface area contributed by atoms with Crippen molar-refractivity contribution in [3.63, 3.8) is 0 Å². The summed E-state index contributed by atoms with van der Waals surface area (Å²) in [6.45, 7) is 2.59. The second kappa shape index (κ2) is 13.0. The molecule has 0 saturated heterocycles. The van der Waals surface area contributed by atoms with Crippen molar-refractivity contribution in [3.05, 3.63) is 28.5 Å². The second-order valence-electron chi connectivity index (χ2n) is 10.0. The molecule has 31 heavy (non-hydrogen) atoms. The van der Waals surface area contributed by atoms with Gasteiger partial charge in [0, 0.05) is 0 Å². The molecule has 4 heteroatoms. The Hall–Kier alpha value is -0.830. The van der Waals surface area contributed by atoms with Crippen molar-refractivity contribution in [2.24, 2.45) is 17.8 Å². The van der Waals surface area contributed by atoms with Crippen LogP contribution in [0.2, 0.25) is 5.02 Å². The van der Waals surface area contributed by atoms with E-state index in [0.717, 1.165) is 56.4 Å². The van der Waals surface area contributed by atoms with Gasteiger partial charge < -0.3 is 4.74 Å². The molecule has 0 amide bonds. The minimum atomic E-state index is -0.388. The summed E-state index contributed by atoms with van der Waals surface area (Å²) in [6.07, 6.45) is 16.1. The van der Waals surface area contributed by atoms with E-state index in [4.69, 9.17) is 16.3 Å². The summed E-state index contributed by atoms with van der Waals surface area (Å²) < 4.78 is 33.2. The van der Waals surface area contributed by atoms with Crippen LogP contribution in [0.1, 0.15) is 108 Å². The van der Waals surface area contributed by atoms with Crippen LogP contribution in [0.4, 0.5) is 8.78 Å². The number of hydrogen-bond donors (Lipinski definition) is 0. The monoisotopic (exact) mass is 454 g/mol. The van der Waals surface area contributed by atoms with E-state index in [1.807, 2.05) is 6.07 Å². The fourth-order valence-electron chi connectivity index (χ4n) is 5.68. The summed E-state index contributed by atoms with van der Waals surface area (Å²) in [5.74, 6) is 2.23. The minimum Gasteiger partial charge on any atom is -0.490 e. The van der Waals surface area contributed by atoms with Crippen LogP contribution < -0.4 is 4.74 Å². The Morgan fingerprint density at radius 1 is 0.871 bits per heavy atom. The Morgan fingerprint density at radius 2 is 1.48 bits per heavy atom. The van der Waals surface area contributed by atoms with Gasteiger partial charge in [-0.1, -0.05) is 63.1 Å². The number of hydrogen-bond acceptors (Lipinski definition) is 1. The van der Waals surface area contributed by atoms with E-state index >= 15 is 0 Å². The second-order valence-corrected chi connectivity index (χ2v) is 10.4. The topological polar surface area (TPSA) is 9.23 Å². The Balaban J connectivity index is 1.46. The molecule has 1 aromatic carbocycles. The van der Waals surface area contributed by atoms with Gasteiger partial charge in [-0.3, -0.25) is 4.39 Å². The average molecular weight is 455 g/mol. The lowest BCUT2D eigenvalue weighted by Crippen LogP contribution is -2.20. The van der Waals surface area contributed by atoms with E-state index in [1.54, 1.807) is 6.07 Å². The van der Waals surface area contributed by atoms with E-state index in [-0.39, 0.29) is 17.5 Å². The molecule has 176 valence electrons. The lowest BCUT2D eigenvalue weighted by atomic mass is 9.77. The lowest BCUT2D eigenvalue weighted by Gasteiger charge is -2.30. The van der Waals surface area contributed by atoms with Crippen molar-refractivity contribution in [1.29, 1.82) is 0 Å². The molecule has 1 aromatic rings. The van der Waals surface area contributed by atoms with Crippen LogP contribution in [0.25, 0.3) is 0 Å². The van der Waals surface area contributed by atoms with Gasteiger partial charge in [-0.25, -0.2) is 4.39 Å². The van der Waals surface area contributed by atoms with Crippen LogP contribution in [0.15, 0.2) is 12.1 Å². The number of rotatable bonds is 11. The molecule has 0 bridgehead atoms. The first-order valence-corrected chi connectivity index (χ1v) is 13.2. The fraction of sp³-hybridized carbons (Fsp3) is 0.778. The normalized spacial score (nSPS) is 26.7. The van der Waals surface area contributed by atoms with Crippen LogP contribution in [0.3, 0.4) is 0 Å². The number of benzene rings is 1. The summed E-state index contributed by atoms with van der Waals surface area (Å²) in [5, 5.41) is 0.266. The molecule has 1 nitrogen and oxygen atoms in total. The molecule has 0 radical (unpaired) electrons. The third kappa shape index (κ3) is 7.34. The third-order valence-electron chi connectivity index (χ3n) is 7.77. The molecule has 0 N–H and O–H groups in total. The van der Waals surface area contributed by atoms with Gasteiger partial charge in [0.15, 0.2) is 11.6 Å². The van der Waals surface area contributed by atoms with Crippen molar-refractivity contribution in [2.75, 3.05) is 13.3 Å². The van der Waals surface area contributed by atoms with Gasteiger partial charge in [-0.2, -0.15) is 0 Å². The summed E-state index contributed by atoms with van der Waals surface area (Å²) in [4.78, 5) is 0. The molecule has 2 fully saturated rings. The predicted octanol–water partition coefficient (Wildman–Crippen LogP) is 9.27. The molecule has 2 saturated carbocycles. The van der Waals surface area contributed by atoms with Gasteiger partial charge in [0.05, 0.1) is 18.3 Å². The van der Waals surface area contributed by atoms with E-state index in [9.17, 15) is 8.78 Å². The minimum absolute atomic E-state index is 0.209. The van der Waals surface area contributed by atoms with Crippen LogP contribution in [-0.2, 0) is 0 Å². The number of halogens is 3. The number of unbranched alkanes of at least 4 members (excludes halogenated alkanes) is 2. The van der Waals surface area contributed by atoms with E-state index in [0.29, 0.717) is 36.5 Å². The van der Waals surface area contributed by atoms with E-state index in [1.165, 1.54) is 38.5 Å². The van der Waals surface area contributed by atoms with Crippen molar-refractivity contribution in [3.8, 4) is 5.75 Å². The SMILES string of the molecule is CCCCCC1CCC(c2ccc(OCC3CCC(CCCF)CC3)c(F)c2Cl)CC1.